The van der Waals surface area contributed by atoms with Crippen molar-refractivity contribution in [3.05, 3.63) is 29.6 Å². The molecule has 1 aromatic rings. The Bertz CT molecular complexity index is 464. The maximum atomic E-state index is 13.8. The Morgan fingerprint density at radius 1 is 1.33 bits per heavy atom. The number of hydrogen-bond donors (Lipinski definition) is 1. The van der Waals surface area contributed by atoms with Crippen LogP contribution in [0, 0.1) is 29.0 Å². The zero-order valence-electron chi connectivity index (χ0n) is 10.9. The number of rotatable bonds is 2. The molecule has 1 aromatic carbocycles. The molecule has 1 aliphatic rings. The molecule has 0 radical (unpaired) electrons. The highest BCUT2D eigenvalue weighted by Gasteiger charge is 2.27. The van der Waals surface area contributed by atoms with Gasteiger partial charge in [0.1, 0.15) is 5.82 Å². The second kappa shape index (κ2) is 5.39. The van der Waals surface area contributed by atoms with Gasteiger partial charge in [-0.2, -0.15) is 5.26 Å². The van der Waals surface area contributed by atoms with Gasteiger partial charge in [0.05, 0.1) is 17.3 Å². The van der Waals surface area contributed by atoms with E-state index < -0.39 is 0 Å². The predicted octanol–water partition coefficient (Wildman–Crippen LogP) is 3.93. The quantitative estimate of drug-likeness (QED) is 0.858. The summed E-state index contributed by atoms with van der Waals surface area (Å²) in [6.45, 7) is 4.48. The number of nitrogens with one attached hydrogen (secondary N) is 1. The summed E-state index contributed by atoms with van der Waals surface area (Å²) in [6.07, 6.45) is 3.54. The van der Waals surface area contributed by atoms with Crippen molar-refractivity contribution < 1.29 is 4.39 Å². The summed E-state index contributed by atoms with van der Waals surface area (Å²) in [6, 6.07) is 6.89. The van der Waals surface area contributed by atoms with Gasteiger partial charge in [0.2, 0.25) is 0 Å². The first-order chi connectivity index (χ1) is 8.61. The van der Waals surface area contributed by atoms with Crippen LogP contribution in [0.2, 0.25) is 0 Å². The smallest absolute Gasteiger partial charge is 0.147 e. The molecule has 3 unspecified atom stereocenters. The molecule has 0 aromatic heterocycles. The van der Waals surface area contributed by atoms with Crippen LogP contribution < -0.4 is 5.32 Å². The molecular weight excluding hydrogens is 227 g/mol. The van der Waals surface area contributed by atoms with Crippen LogP contribution in [0.15, 0.2) is 18.2 Å². The van der Waals surface area contributed by atoms with Crippen LogP contribution in [0.1, 0.15) is 38.7 Å². The highest BCUT2D eigenvalue weighted by molar-refractivity contribution is 5.49. The van der Waals surface area contributed by atoms with Gasteiger partial charge in [0.25, 0.3) is 0 Å². The summed E-state index contributed by atoms with van der Waals surface area (Å²) >= 11 is 0. The van der Waals surface area contributed by atoms with Crippen molar-refractivity contribution in [2.24, 2.45) is 11.8 Å². The standard InChI is InChI=1S/C15H19FN2/c1-10-4-3-5-14(11(10)2)18-15-7-6-12(9-17)8-13(15)16/h6-8,10-11,14,18H,3-5H2,1-2H3. The number of nitriles is 1. The third-order valence-corrected chi connectivity index (χ3v) is 4.15. The highest BCUT2D eigenvalue weighted by atomic mass is 19.1. The molecule has 1 fully saturated rings. The number of halogens is 1. The van der Waals surface area contributed by atoms with E-state index in [9.17, 15) is 4.39 Å². The predicted molar refractivity (Wildman–Crippen MR) is 70.7 cm³/mol. The average molecular weight is 246 g/mol. The molecule has 96 valence electrons. The number of hydrogen-bond acceptors (Lipinski definition) is 2. The van der Waals surface area contributed by atoms with Crippen molar-refractivity contribution in [2.75, 3.05) is 5.32 Å². The van der Waals surface area contributed by atoms with Crippen LogP contribution in [0.4, 0.5) is 10.1 Å². The minimum absolute atomic E-state index is 0.330. The van der Waals surface area contributed by atoms with Crippen molar-refractivity contribution in [1.82, 2.24) is 0 Å². The molecule has 1 N–H and O–H groups in total. The van der Waals surface area contributed by atoms with E-state index in [0.29, 0.717) is 29.1 Å². The zero-order chi connectivity index (χ0) is 13.1. The fraction of sp³-hybridized carbons (Fsp3) is 0.533. The molecule has 18 heavy (non-hydrogen) atoms. The summed E-state index contributed by atoms with van der Waals surface area (Å²) in [4.78, 5) is 0. The molecule has 0 heterocycles. The number of nitrogens with zero attached hydrogens (tertiary/aromatic N) is 1. The second-order valence-electron chi connectivity index (χ2n) is 5.32. The second-order valence-corrected chi connectivity index (χ2v) is 5.32. The SMILES string of the molecule is CC1CCCC(Nc2ccc(C#N)cc2F)C1C. The molecule has 3 atom stereocenters. The van der Waals surface area contributed by atoms with E-state index in [4.69, 9.17) is 5.26 Å². The van der Waals surface area contributed by atoms with Gasteiger partial charge in [-0.25, -0.2) is 4.39 Å². The van der Waals surface area contributed by atoms with E-state index in [-0.39, 0.29) is 5.82 Å². The van der Waals surface area contributed by atoms with Gasteiger partial charge < -0.3 is 5.32 Å². The van der Waals surface area contributed by atoms with Crippen LogP contribution in [-0.4, -0.2) is 6.04 Å². The van der Waals surface area contributed by atoms with E-state index in [2.05, 4.69) is 19.2 Å². The molecule has 2 rings (SSSR count). The summed E-state index contributed by atoms with van der Waals surface area (Å²) in [5.41, 5.74) is 0.878. The largest absolute Gasteiger partial charge is 0.380 e. The summed E-state index contributed by atoms with van der Waals surface area (Å²) < 4.78 is 13.8. The Balaban J connectivity index is 2.12. The fourth-order valence-corrected chi connectivity index (χ4v) is 2.69. The van der Waals surface area contributed by atoms with Crippen LogP contribution in [0.5, 0.6) is 0 Å². The van der Waals surface area contributed by atoms with Crippen molar-refractivity contribution in [1.29, 1.82) is 5.26 Å². The third-order valence-electron chi connectivity index (χ3n) is 4.15. The van der Waals surface area contributed by atoms with Crippen LogP contribution in [0.25, 0.3) is 0 Å². The van der Waals surface area contributed by atoms with E-state index >= 15 is 0 Å². The van der Waals surface area contributed by atoms with Crippen molar-refractivity contribution in [3.63, 3.8) is 0 Å². The van der Waals surface area contributed by atoms with E-state index in [0.717, 1.165) is 6.42 Å². The van der Waals surface area contributed by atoms with Crippen molar-refractivity contribution in [3.8, 4) is 6.07 Å². The van der Waals surface area contributed by atoms with E-state index in [1.54, 1.807) is 12.1 Å². The Kier molecular flexibility index (Phi) is 3.86. The molecule has 0 saturated heterocycles. The lowest BCUT2D eigenvalue weighted by atomic mass is 9.78. The van der Waals surface area contributed by atoms with Crippen molar-refractivity contribution in [2.45, 2.75) is 39.2 Å². The van der Waals surface area contributed by atoms with Gasteiger partial charge in [-0.1, -0.05) is 26.7 Å². The lowest BCUT2D eigenvalue weighted by Crippen LogP contribution is -2.35. The Morgan fingerprint density at radius 3 is 2.78 bits per heavy atom. The first kappa shape index (κ1) is 12.9. The first-order valence-electron chi connectivity index (χ1n) is 6.58. The number of benzene rings is 1. The van der Waals surface area contributed by atoms with Crippen LogP contribution >= 0.6 is 0 Å². The Hall–Kier alpha value is -1.56. The first-order valence-corrected chi connectivity index (χ1v) is 6.58. The minimum atomic E-state index is -0.334. The Labute approximate surface area is 108 Å². The van der Waals surface area contributed by atoms with Gasteiger partial charge in [-0.05, 0) is 36.5 Å². The maximum Gasteiger partial charge on any atom is 0.147 e. The summed E-state index contributed by atoms with van der Waals surface area (Å²) in [7, 11) is 0. The fourth-order valence-electron chi connectivity index (χ4n) is 2.69. The van der Waals surface area contributed by atoms with Crippen molar-refractivity contribution >= 4 is 5.69 Å². The third kappa shape index (κ3) is 2.64. The molecule has 0 spiro atoms. The van der Waals surface area contributed by atoms with Crippen LogP contribution in [0.3, 0.4) is 0 Å². The highest BCUT2D eigenvalue weighted by Crippen LogP contribution is 2.32. The summed E-state index contributed by atoms with van der Waals surface area (Å²) in [5.74, 6) is 0.894. The average Bonchev–Trinajstić information content (AvgIpc) is 2.37. The molecular formula is C15H19FN2. The maximum absolute atomic E-state index is 13.8. The zero-order valence-corrected chi connectivity index (χ0v) is 10.9. The lowest BCUT2D eigenvalue weighted by Gasteiger charge is -2.35. The molecule has 0 bridgehead atoms. The molecule has 1 aliphatic carbocycles. The molecule has 2 nitrogen and oxygen atoms in total. The van der Waals surface area contributed by atoms with Crippen LogP contribution in [-0.2, 0) is 0 Å². The monoisotopic (exact) mass is 246 g/mol. The van der Waals surface area contributed by atoms with E-state index in [1.165, 1.54) is 18.9 Å². The molecule has 0 amide bonds. The summed E-state index contributed by atoms with van der Waals surface area (Å²) in [5, 5.41) is 12.0. The van der Waals surface area contributed by atoms with Gasteiger partial charge in [0, 0.05) is 6.04 Å². The van der Waals surface area contributed by atoms with Gasteiger partial charge in [0.15, 0.2) is 0 Å². The topological polar surface area (TPSA) is 35.8 Å². The molecule has 3 heteroatoms. The van der Waals surface area contributed by atoms with Gasteiger partial charge in [-0.15, -0.1) is 0 Å². The normalized spacial score (nSPS) is 27.6. The van der Waals surface area contributed by atoms with Gasteiger partial charge in [-0.3, -0.25) is 0 Å². The lowest BCUT2D eigenvalue weighted by molar-refractivity contribution is 0.253. The number of anilines is 1. The molecule has 0 aliphatic heterocycles. The van der Waals surface area contributed by atoms with E-state index in [1.807, 2.05) is 6.07 Å². The van der Waals surface area contributed by atoms with Gasteiger partial charge >= 0.3 is 0 Å². The Morgan fingerprint density at radius 2 is 2.11 bits per heavy atom. The minimum Gasteiger partial charge on any atom is -0.380 e. The molecule has 1 saturated carbocycles.